The lowest BCUT2D eigenvalue weighted by molar-refractivity contribution is 0.0937. The maximum absolute atomic E-state index is 12.6. The van der Waals surface area contributed by atoms with Crippen LogP contribution in [0, 0.1) is 0 Å². The van der Waals surface area contributed by atoms with E-state index >= 15 is 0 Å². The Balaban J connectivity index is 1.62. The number of benzene rings is 3. The number of amides is 4. The van der Waals surface area contributed by atoms with Crippen LogP contribution in [0.1, 0.15) is 41.4 Å². The quantitative estimate of drug-likeness (QED) is 0.254. The molecule has 186 valence electrons. The van der Waals surface area contributed by atoms with E-state index < -0.39 is 11.8 Å². The molecule has 0 spiro atoms. The van der Waals surface area contributed by atoms with E-state index in [1.165, 1.54) is 36.4 Å². The van der Waals surface area contributed by atoms with E-state index in [4.69, 9.17) is 10.2 Å². The van der Waals surface area contributed by atoms with Crippen molar-refractivity contribution in [2.75, 3.05) is 36.9 Å². The van der Waals surface area contributed by atoms with Crippen LogP contribution in [0.5, 0.6) is 0 Å². The standard InChI is InChI=1S/C26H26N4O6/c31-13-11-27-23(33)19-3-1-5-21(15-19)29-25(35)17-7-9-18(10-8-17)26(36)30-22-6-2-4-20(16-22)24(34)28-12-14-32/h1-10,15-16,31-32H,11-14H2,(H,27,33)(H,28,34)(H,29,35)(H,30,36). The molecule has 0 aliphatic rings. The molecule has 0 saturated carbocycles. The van der Waals surface area contributed by atoms with Gasteiger partial charge in [-0.3, -0.25) is 19.2 Å². The minimum Gasteiger partial charge on any atom is -0.395 e. The fourth-order valence-electron chi connectivity index (χ4n) is 3.20. The zero-order valence-electron chi connectivity index (χ0n) is 19.3. The van der Waals surface area contributed by atoms with Gasteiger partial charge in [0.2, 0.25) is 0 Å². The highest BCUT2D eigenvalue weighted by Crippen LogP contribution is 2.15. The van der Waals surface area contributed by atoms with E-state index in [0.29, 0.717) is 33.6 Å². The molecule has 0 bridgehead atoms. The maximum Gasteiger partial charge on any atom is 0.255 e. The molecule has 3 aromatic carbocycles. The molecule has 0 aliphatic heterocycles. The molecule has 36 heavy (non-hydrogen) atoms. The van der Waals surface area contributed by atoms with Crippen molar-refractivity contribution in [2.45, 2.75) is 0 Å². The van der Waals surface area contributed by atoms with Gasteiger partial charge in [-0.05, 0) is 60.7 Å². The molecule has 3 rings (SSSR count). The van der Waals surface area contributed by atoms with Gasteiger partial charge < -0.3 is 31.5 Å². The smallest absolute Gasteiger partial charge is 0.255 e. The van der Waals surface area contributed by atoms with Crippen molar-refractivity contribution >= 4 is 35.0 Å². The molecule has 10 nitrogen and oxygen atoms in total. The van der Waals surface area contributed by atoms with Gasteiger partial charge in [0.1, 0.15) is 0 Å². The molecule has 0 radical (unpaired) electrons. The van der Waals surface area contributed by atoms with Crippen molar-refractivity contribution in [1.29, 1.82) is 0 Å². The molecular weight excluding hydrogens is 464 g/mol. The van der Waals surface area contributed by atoms with Crippen LogP contribution in [0.3, 0.4) is 0 Å². The predicted octanol–water partition coefficient (Wildman–Crippen LogP) is 1.64. The van der Waals surface area contributed by atoms with E-state index in [1.54, 1.807) is 36.4 Å². The first-order valence-corrected chi connectivity index (χ1v) is 11.1. The number of carbonyl (C=O) groups excluding carboxylic acids is 4. The zero-order valence-corrected chi connectivity index (χ0v) is 19.3. The Kier molecular flexibility index (Phi) is 9.26. The fraction of sp³-hybridized carbons (Fsp3) is 0.154. The Labute approximate surface area is 207 Å². The van der Waals surface area contributed by atoms with Crippen LogP contribution in [0.25, 0.3) is 0 Å². The molecule has 10 heteroatoms. The molecule has 0 saturated heterocycles. The summed E-state index contributed by atoms with van der Waals surface area (Å²) in [6, 6.07) is 18.8. The second-order valence-corrected chi connectivity index (χ2v) is 7.61. The zero-order chi connectivity index (χ0) is 25.9. The molecule has 0 aliphatic carbocycles. The Hall–Kier alpha value is -4.54. The predicted molar refractivity (Wildman–Crippen MR) is 134 cm³/mol. The molecule has 0 atom stereocenters. The van der Waals surface area contributed by atoms with E-state index in [0.717, 1.165) is 0 Å². The summed E-state index contributed by atoms with van der Waals surface area (Å²) in [6.07, 6.45) is 0. The van der Waals surface area contributed by atoms with Crippen LogP contribution >= 0.6 is 0 Å². The lowest BCUT2D eigenvalue weighted by atomic mass is 10.1. The van der Waals surface area contributed by atoms with Gasteiger partial charge in [0.15, 0.2) is 0 Å². The lowest BCUT2D eigenvalue weighted by Crippen LogP contribution is -2.26. The Bertz CT molecular complexity index is 1150. The van der Waals surface area contributed by atoms with Gasteiger partial charge in [0.05, 0.1) is 13.2 Å². The first-order valence-electron chi connectivity index (χ1n) is 11.1. The number of hydrogen-bond acceptors (Lipinski definition) is 6. The van der Waals surface area contributed by atoms with E-state index in [2.05, 4.69) is 21.3 Å². The Morgan fingerprint density at radius 1 is 0.528 bits per heavy atom. The van der Waals surface area contributed by atoms with Gasteiger partial charge in [-0.15, -0.1) is 0 Å². The summed E-state index contributed by atoms with van der Waals surface area (Å²) < 4.78 is 0. The van der Waals surface area contributed by atoms with Gasteiger partial charge in [0, 0.05) is 46.7 Å². The van der Waals surface area contributed by atoms with Crippen LogP contribution < -0.4 is 21.3 Å². The largest absolute Gasteiger partial charge is 0.395 e. The molecule has 0 unspecified atom stereocenters. The second kappa shape index (κ2) is 12.8. The van der Waals surface area contributed by atoms with E-state index in [1.807, 2.05) is 0 Å². The molecule has 0 heterocycles. The van der Waals surface area contributed by atoms with Crippen molar-refractivity contribution in [2.24, 2.45) is 0 Å². The SMILES string of the molecule is O=C(NCCO)c1cccc(NC(=O)c2ccc(C(=O)Nc3cccc(C(=O)NCCO)c3)cc2)c1. The third-order valence-electron chi connectivity index (χ3n) is 4.97. The van der Waals surface area contributed by atoms with Crippen LogP contribution in [0.15, 0.2) is 72.8 Å². The van der Waals surface area contributed by atoms with Crippen molar-refractivity contribution in [3.8, 4) is 0 Å². The van der Waals surface area contributed by atoms with Crippen molar-refractivity contribution < 1.29 is 29.4 Å². The molecular formula is C26H26N4O6. The van der Waals surface area contributed by atoms with Gasteiger partial charge in [-0.1, -0.05) is 12.1 Å². The third kappa shape index (κ3) is 7.23. The van der Waals surface area contributed by atoms with Crippen molar-refractivity contribution in [3.63, 3.8) is 0 Å². The maximum atomic E-state index is 12.6. The molecule has 0 aromatic heterocycles. The summed E-state index contributed by atoms with van der Waals surface area (Å²) in [5, 5.41) is 28.2. The fourth-order valence-corrected chi connectivity index (χ4v) is 3.20. The minimum absolute atomic E-state index is 0.126. The van der Waals surface area contributed by atoms with E-state index in [9.17, 15) is 19.2 Å². The number of hydrogen-bond donors (Lipinski definition) is 6. The van der Waals surface area contributed by atoms with Crippen LogP contribution in [-0.2, 0) is 0 Å². The first-order chi connectivity index (χ1) is 17.4. The topological polar surface area (TPSA) is 157 Å². The number of carbonyl (C=O) groups is 4. The summed E-state index contributed by atoms with van der Waals surface area (Å²) in [7, 11) is 0. The number of aliphatic hydroxyl groups excluding tert-OH is 2. The highest BCUT2D eigenvalue weighted by Gasteiger charge is 2.12. The molecule has 6 N–H and O–H groups in total. The lowest BCUT2D eigenvalue weighted by Gasteiger charge is -2.10. The average molecular weight is 491 g/mol. The molecule has 0 fully saturated rings. The monoisotopic (exact) mass is 490 g/mol. The van der Waals surface area contributed by atoms with Crippen LogP contribution in [0.2, 0.25) is 0 Å². The summed E-state index contributed by atoms with van der Waals surface area (Å²) in [4.78, 5) is 49.3. The van der Waals surface area contributed by atoms with Crippen molar-refractivity contribution in [1.82, 2.24) is 10.6 Å². The Morgan fingerprint density at radius 3 is 1.28 bits per heavy atom. The van der Waals surface area contributed by atoms with Crippen LogP contribution in [-0.4, -0.2) is 60.1 Å². The number of aliphatic hydroxyl groups is 2. The van der Waals surface area contributed by atoms with E-state index in [-0.39, 0.29) is 38.1 Å². The van der Waals surface area contributed by atoms with Gasteiger partial charge in [0.25, 0.3) is 23.6 Å². The van der Waals surface area contributed by atoms with Crippen LogP contribution in [0.4, 0.5) is 11.4 Å². The second-order valence-electron chi connectivity index (χ2n) is 7.61. The minimum atomic E-state index is -0.420. The normalized spacial score (nSPS) is 10.3. The summed E-state index contributed by atoms with van der Waals surface area (Å²) >= 11 is 0. The van der Waals surface area contributed by atoms with Crippen molar-refractivity contribution in [3.05, 3.63) is 95.1 Å². The number of rotatable bonds is 10. The van der Waals surface area contributed by atoms with Gasteiger partial charge in [-0.2, -0.15) is 0 Å². The summed E-state index contributed by atoms with van der Waals surface area (Å²) in [5.41, 5.74) is 2.13. The molecule has 4 amide bonds. The number of anilines is 2. The first kappa shape index (κ1) is 26.1. The van der Waals surface area contributed by atoms with Gasteiger partial charge >= 0.3 is 0 Å². The summed E-state index contributed by atoms with van der Waals surface area (Å²) in [6.45, 7) is -0.0994. The number of nitrogens with one attached hydrogen (secondary N) is 4. The van der Waals surface area contributed by atoms with Gasteiger partial charge in [-0.25, -0.2) is 0 Å². The average Bonchev–Trinajstić information content (AvgIpc) is 2.90. The Morgan fingerprint density at radius 2 is 0.917 bits per heavy atom. The highest BCUT2D eigenvalue weighted by molar-refractivity contribution is 6.08. The summed E-state index contributed by atoms with van der Waals surface area (Å²) in [5.74, 6) is -1.58. The third-order valence-corrected chi connectivity index (χ3v) is 4.97. The molecule has 3 aromatic rings. The highest BCUT2D eigenvalue weighted by atomic mass is 16.3.